The van der Waals surface area contributed by atoms with Crippen LogP contribution < -0.4 is 9.97 Å². The molecule has 5 heterocycles. The number of rotatable bonds is 12. The molecule has 0 fully saturated rings. The number of aromatic carboxylic acids is 4. The van der Waals surface area contributed by atoms with Crippen LogP contribution in [0.2, 0.25) is 0 Å². The van der Waals surface area contributed by atoms with Gasteiger partial charge in [-0.05, 0) is 143 Å². The molecule has 2 aliphatic rings. The van der Waals surface area contributed by atoms with Gasteiger partial charge in [-0.2, -0.15) is 0 Å². The van der Waals surface area contributed by atoms with Crippen molar-refractivity contribution < 1.29 is 56.7 Å². The van der Waals surface area contributed by atoms with E-state index in [1.807, 2.05) is 48.6 Å². The van der Waals surface area contributed by atoms with Crippen LogP contribution in [0.25, 0.3) is 46.4 Å². The van der Waals surface area contributed by atoms with Gasteiger partial charge in [-0.25, -0.2) is 29.1 Å². The van der Waals surface area contributed by atoms with E-state index in [9.17, 15) is 39.6 Å². The maximum absolute atomic E-state index is 11.7. The second kappa shape index (κ2) is 18.3. The van der Waals surface area contributed by atoms with E-state index in [0.717, 1.165) is 44.5 Å². The van der Waals surface area contributed by atoms with Crippen LogP contribution in [0.15, 0.2) is 121 Å². The van der Waals surface area contributed by atoms with Gasteiger partial charge in [-0.3, -0.25) is 0 Å². The number of nitrogens with zero attached hydrogens (tertiary/aromatic N) is 4. The average molecular weight is 900 g/mol. The van der Waals surface area contributed by atoms with Crippen LogP contribution in [0.4, 0.5) is 0 Å². The van der Waals surface area contributed by atoms with E-state index in [4.69, 9.17) is 19.9 Å². The topological polar surface area (TPSA) is 203 Å². The molecule has 0 atom stereocenters. The molecule has 0 spiro atoms. The van der Waals surface area contributed by atoms with Gasteiger partial charge in [-0.15, -0.1) is 22.1 Å². The molecule has 9 rings (SSSR count). The van der Waals surface area contributed by atoms with Crippen molar-refractivity contribution in [2.75, 3.05) is 0 Å². The zero-order chi connectivity index (χ0) is 44.5. The molecular formula is C52H36MnN4O8. The Hall–Kier alpha value is -8.12. The molecule has 7 aromatic rings. The molecule has 0 saturated heterocycles. The summed E-state index contributed by atoms with van der Waals surface area (Å²) in [6, 6.07) is 34.5. The van der Waals surface area contributed by atoms with Crippen LogP contribution in [0.5, 0.6) is 0 Å². The Balaban J connectivity index is 0.00000576. The Kier molecular flexibility index (Phi) is 12.3. The van der Waals surface area contributed by atoms with E-state index in [-0.39, 0.29) is 39.3 Å². The summed E-state index contributed by atoms with van der Waals surface area (Å²) in [6.07, 6.45) is 9.19. The molecule has 319 valence electrons. The number of carboxylic acids is 4. The monoisotopic (exact) mass is 899 g/mol. The average Bonchev–Trinajstić information content (AvgIpc) is 4.15. The summed E-state index contributed by atoms with van der Waals surface area (Å²) in [7, 11) is 0. The van der Waals surface area contributed by atoms with Crippen molar-refractivity contribution in [2.45, 2.75) is 25.7 Å². The number of benzene rings is 4. The van der Waals surface area contributed by atoms with Crippen LogP contribution in [-0.2, 0) is 42.8 Å². The van der Waals surface area contributed by atoms with Crippen LogP contribution in [0, 0.1) is 0 Å². The minimum Gasteiger partial charge on any atom is -0.657 e. The van der Waals surface area contributed by atoms with E-state index in [2.05, 4.69) is 0 Å². The van der Waals surface area contributed by atoms with Gasteiger partial charge in [0.25, 0.3) is 0 Å². The van der Waals surface area contributed by atoms with Crippen molar-refractivity contribution in [3.05, 3.63) is 211 Å². The molecule has 8 bridgehead atoms. The van der Waals surface area contributed by atoms with Crippen LogP contribution in [0.1, 0.15) is 109 Å². The minimum atomic E-state index is -1.03. The molecule has 4 aromatic carbocycles. The van der Waals surface area contributed by atoms with Crippen molar-refractivity contribution in [2.24, 2.45) is 0 Å². The molecule has 0 aliphatic carbocycles. The predicted molar refractivity (Wildman–Crippen MR) is 242 cm³/mol. The van der Waals surface area contributed by atoms with E-state index < -0.39 is 23.9 Å². The van der Waals surface area contributed by atoms with Gasteiger partial charge in [0, 0.05) is 0 Å². The van der Waals surface area contributed by atoms with Gasteiger partial charge in [0.05, 0.1) is 45.0 Å². The molecule has 3 aromatic heterocycles. The molecule has 0 amide bonds. The first-order valence-corrected chi connectivity index (χ1v) is 20.3. The Bertz CT molecular complexity index is 2830. The summed E-state index contributed by atoms with van der Waals surface area (Å²) in [5.74, 6) is -4.10. The second-order valence-corrected chi connectivity index (χ2v) is 15.5. The van der Waals surface area contributed by atoms with Crippen molar-refractivity contribution in [1.82, 2.24) is 19.9 Å². The Morgan fingerprint density at radius 3 is 0.723 bits per heavy atom. The smallest absolute Gasteiger partial charge is 0.657 e. The van der Waals surface area contributed by atoms with Crippen LogP contribution in [-0.4, -0.2) is 54.3 Å². The first kappa shape index (κ1) is 43.5. The summed E-state index contributed by atoms with van der Waals surface area (Å²) in [6.45, 7) is 0. The Morgan fingerprint density at radius 2 is 0.538 bits per heavy atom. The molecule has 2 aliphatic heterocycles. The molecule has 4 N–H and O–H groups in total. The third-order valence-electron chi connectivity index (χ3n) is 11.4. The van der Waals surface area contributed by atoms with Crippen molar-refractivity contribution in [3.8, 4) is 0 Å². The zero-order valence-electron chi connectivity index (χ0n) is 34.3. The standard InChI is InChI=1S/C52H38N4O8.Mn/c57-49(58)33-9-1-29(2-10-33)25-37-41-17-19-43(53-41)38(26-30-3-11-34(12-4-30)50(59)60)45-21-23-47(55-45)40(28-32-7-15-36(16-8-32)52(63)64)48-24-22-46(56-48)39(44-20-18-42(37)54-44)27-31-5-13-35(14-6-31)51(61)62;/h1-24H,25-28H2,(H6,53,54,55,56,57,58,59,60,61,62,63,64);/q;+2/p-2. The maximum atomic E-state index is 11.7. The summed E-state index contributed by atoms with van der Waals surface area (Å²) in [4.78, 5) is 67.7. The molecule has 1 radical (unpaired) electrons. The third kappa shape index (κ3) is 9.33. The zero-order valence-corrected chi connectivity index (χ0v) is 35.5. The number of carbonyl (C=O) groups is 4. The maximum Gasteiger partial charge on any atom is 2.00 e. The summed E-state index contributed by atoms with van der Waals surface area (Å²) in [5, 5.41) is 38.3. The van der Waals surface area contributed by atoms with Crippen molar-refractivity contribution in [3.63, 3.8) is 0 Å². The fourth-order valence-corrected chi connectivity index (χ4v) is 7.92. The number of hydrogen-bond donors (Lipinski definition) is 4. The van der Waals surface area contributed by atoms with E-state index in [1.165, 1.54) is 0 Å². The van der Waals surface area contributed by atoms with Gasteiger partial charge in [-0.1, -0.05) is 72.8 Å². The van der Waals surface area contributed by atoms with Crippen LogP contribution in [0.3, 0.4) is 0 Å². The molecule has 0 unspecified atom stereocenters. The number of carboxylic acid groups (broad SMARTS) is 4. The van der Waals surface area contributed by atoms with E-state index in [1.54, 1.807) is 97.1 Å². The predicted octanol–water partition coefficient (Wildman–Crippen LogP) is 9.07. The summed E-state index contributed by atoms with van der Waals surface area (Å²) < 4.78 is 0. The van der Waals surface area contributed by atoms with Crippen LogP contribution >= 0.6 is 0 Å². The van der Waals surface area contributed by atoms with Gasteiger partial charge < -0.3 is 30.4 Å². The molecule has 0 saturated carbocycles. The Labute approximate surface area is 381 Å². The first-order valence-electron chi connectivity index (χ1n) is 20.3. The molecule has 65 heavy (non-hydrogen) atoms. The largest absolute Gasteiger partial charge is 2.00 e. The summed E-state index contributed by atoms with van der Waals surface area (Å²) in [5.41, 5.74) is 12.4. The van der Waals surface area contributed by atoms with Crippen molar-refractivity contribution >= 4 is 70.2 Å². The van der Waals surface area contributed by atoms with E-state index >= 15 is 0 Å². The number of hydrogen-bond acceptors (Lipinski definition) is 6. The van der Waals surface area contributed by atoms with E-state index in [0.29, 0.717) is 70.5 Å². The minimum absolute atomic E-state index is 0. The molecule has 13 heteroatoms. The summed E-state index contributed by atoms with van der Waals surface area (Å²) >= 11 is 0. The Morgan fingerprint density at radius 1 is 0.338 bits per heavy atom. The SMILES string of the molecule is O=C(O)c1ccc(Cc2c3nc(c(Cc4ccc(C(=O)O)cc4)c4ccc([n-]4)c(Cc4ccc(C(=O)O)cc4)c4nc(c(Cc5ccc(C(=O)O)cc5)c5ccc2[n-]5)C=C4)C=C3)cc1.[Mn+2]. The fourth-order valence-electron chi connectivity index (χ4n) is 7.92. The number of fused-ring (bicyclic) bond motifs is 8. The molecular weight excluding hydrogens is 864 g/mol. The quantitative estimate of drug-likeness (QED) is 0.0849. The van der Waals surface area contributed by atoms with Gasteiger partial charge in [0.1, 0.15) is 0 Å². The second-order valence-electron chi connectivity index (χ2n) is 15.5. The van der Waals surface area contributed by atoms with Gasteiger partial charge >= 0.3 is 40.9 Å². The first-order chi connectivity index (χ1) is 30.9. The number of aromatic nitrogens is 4. The van der Waals surface area contributed by atoms with Gasteiger partial charge in [0.2, 0.25) is 0 Å². The van der Waals surface area contributed by atoms with Gasteiger partial charge in [0.15, 0.2) is 0 Å². The molecule has 12 nitrogen and oxygen atoms in total. The normalized spacial score (nSPS) is 11.6. The fraction of sp³-hybridized carbons (Fsp3) is 0.0769. The third-order valence-corrected chi connectivity index (χ3v) is 11.4. The van der Waals surface area contributed by atoms with Crippen molar-refractivity contribution in [1.29, 1.82) is 0 Å².